The number of rotatable bonds is 1. The largest absolute Gasteiger partial charge is 0.369 e. The van der Waals surface area contributed by atoms with Gasteiger partial charge in [-0.25, -0.2) is 4.98 Å². The number of nitrogen functional groups attached to an aromatic ring is 1. The topological polar surface area (TPSA) is 43.8 Å². The lowest BCUT2D eigenvalue weighted by atomic mass is 10.2. The standard InChI is InChI=1S/C14H11Br2N3/c1-8-2-4-10(16)12(6-8)19-13-7-9(15)3-5-11(13)18-14(19)17/h2-7H,1H3,(H2,17,18). The van der Waals surface area contributed by atoms with Gasteiger partial charge in [-0.15, -0.1) is 0 Å². The minimum Gasteiger partial charge on any atom is -0.369 e. The quantitative estimate of drug-likeness (QED) is 0.678. The SMILES string of the molecule is Cc1ccc(Br)c(-n2c(N)nc3ccc(Br)cc32)c1. The van der Waals surface area contributed by atoms with Crippen LogP contribution in [-0.4, -0.2) is 9.55 Å². The fraction of sp³-hybridized carbons (Fsp3) is 0.0714. The molecule has 2 N–H and O–H groups in total. The lowest BCUT2D eigenvalue weighted by Crippen LogP contribution is -2.01. The van der Waals surface area contributed by atoms with Crippen molar-refractivity contribution in [1.82, 2.24) is 9.55 Å². The molecule has 2 aromatic carbocycles. The molecule has 19 heavy (non-hydrogen) atoms. The van der Waals surface area contributed by atoms with Crippen LogP contribution in [0.15, 0.2) is 45.3 Å². The van der Waals surface area contributed by atoms with Gasteiger partial charge in [-0.3, -0.25) is 4.57 Å². The van der Waals surface area contributed by atoms with E-state index in [9.17, 15) is 0 Å². The number of nitrogens with two attached hydrogens (primary N) is 1. The highest BCUT2D eigenvalue weighted by atomic mass is 79.9. The summed E-state index contributed by atoms with van der Waals surface area (Å²) in [4.78, 5) is 4.40. The minimum absolute atomic E-state index is 0.486. The first kappa shape index (κ1) is 12.7. The summed E-state index contributed by atoms with van der Waals surface area (Å²) in [5, 5.41) is 0. The van der Waals surface area contributed by atoms with Gasteiger partial charge in [-0.05, 0) is 58.7 Å². The third kappa shape index (κ3) is 2.17. The molecule has 0 bridgehead atoms. The van der Waals surface area contributed by atoms with Crippen LogP contribution in [0.1, 0.15) is 5.56 Å². The van der Waals surface area contributed by atoms with E-state index < -0.39 is 0 Å². The number of anilines is 1. The zero-order valence-corrected chi connectivity index (χ0v) is 13.4. The van der Waals surface area contributed by atoms with E-state index in [-0.39, 0.29) is 0 Å². The van der Waals surface area contributed by atoms with E-state index in [1.54, 1.807) is 0 Å². The molecule has 0 aliphatic carbocycles. The van der Waals surface area contributed by atoms with Gasteiger partial charge in [-0.2, -0.15) is 0 Å². The number of fused-ring (bicyclic) bond motifs is 1. The van der Waals surface area contributed by atoms with Crippen LogP contribution in [0.4, 0.5) is 5.95 Å². The Hall–Kier alpha value is -1.33. The van der Waals surface area contributed by atoms with Crippen molar-refractivity contribution in [2.75, 3.05) is 5.73 Å². The molecule has 5 heteroatoms. The summed E-state index contributed by atoms with van der Waals surface area (Å²) in [6.45, 7) is 2.06. The minimum atomic E-state index is 0.486. The first-order valence-electron chi connectivity index (χ1n) is 5.76. The Balaban J connectivity index is 2.38. The summed E-state index contributed by atoms with van der Waals surface area (Å²) in [5.74, 6) is 0.486. The maximum absolute atomic E-state index is 6.07. The van der Waals surface area contributed by atoms with Gasteiger partial charge in [0.05, 0.1) is 16.7 Å². The molecule has 0 saturated carbocycles. The molecule has 0 spiro atoms. The second-order valence-corrected chi connectivity index (χ2v) is 6.16. The molecule has 0 atom stereocenters. The zero-order valence-electron chi connectivity index (χ0n) is 10.2. The summed E-state index contributed by atoms with van der Waals surface area (Å²) in [5.41, 5.74) is 10.1. The first-order chi connectivity index (χ1) is 9.06. The van der Waals surface area contributed by atoms with Crippen molar-refractivity contribution in [3.8, 4) is 5.69 Å². The van der Waals surface area contributed by atoms with Gasteiger partial charge in [0.25, 0.3) is 0 Å². The smallest absolute Gasteiger partial charge is 0.205 e. The molecule has 0 unspecified atom stereocenters. The van der Waals surface area contributed by atoms with Crippen LogP contribution in [-0.2, 0) is 0 Å². The summed E-state index contributed by atoms with van der Waals surface area (Å²) in [7, 11) is 0. The number of benzene rings is 2. The third-order valence-electron chi connectivity index (χ3n) is 2.99. The fourth-order valence-electron chi connectivity index (χ4n) is 2.11. The summed E-state index contributed by atoms with van der Waals surface area (Å²) < 4.78 is 3.95. The highest BCUT2D eigenvalue weighted by molar-refractivity contribution is 9.10. The van der Waals surface area contributed by atoms with Gasteiger partial charge < -0.3 is 5.73 Å². The first-order valence-corrected chi connectivity index (χ1v) is 7.35. The van der Waals surface area contributed by atoms with Gasteiger partial charge in [0, 0.05) is 8.95 Å². The zero-order chi connectivity index (χ0) is 13.6. The summed E-state index contributed by atoms with van der Waals surface area (Å²) in [6, 6.07) is 12.1. The Morgan fingerprint density at radius 2 is 1.89 bits per heavy atom. The molecule has 3 rings (SSSR count). The molecule has 1 heterocycles. The van der Waals surface area contributed by atoms with Gasteiger partial charge in [0.1, 0.15) is 0 Å². The summed E-state index contributed by atoms with van der Waals surface area (Å²) >= 11 is 7.06. The van der Waals surface area contributed by atoms with Gasteiger partial charge in [0.2, 0.25) is 5.95 Å². The molecule has 0 saturated heterocycles. The number of halogens is 2. The molecule has 96 valence electrons. The number of aryl methyl sites for hydroxylation is 1. The average Bonchev–Trinajstić information content (AvgIpc) is 2.68. The molecule has 0 aliphatic rings. The Bertz CT molecular complexity index is 778. The fourth-order valence-corrected chi connectivity index (χ4v) is 2.89. The predicted molar refractivity (Wildman–Crippen MR) is 85.6 cm³/mol. The lowest BCUT2D eigenvalue weighted by Gasteiger charge is -2.10. The molecular formula is C14H11Br2N3. The van der Waals surface area contributed by atoms with Crippen LogP contribution in [0.5, 0.6) is 0 Å². The van der Waals surface area contributed by atoms with Crippen molar-refractivity contribution in [1.29, 1.82) is 0 Å². The second kappa shape index (κ2) is 4.65. The van der Waals surface area contributed by atoms with E-state index in [0.29, 0.717) is 5.95 Å². The molecule has 1 aromatic heterocycles. The molecule has 0 fully saturated rings. The van der Waals surface area contributed by atoms with Crippen LogP contribution in [0.3, 0.4) is 0 Å². The van der Waals surface area contributed by atoms with E-state index in [1.165, 1.54) is 5.56 Å². The maximum atomic E-state index is 6.07. The molecule has 0 aliphatic heterocycles. The van der Waals surface area contributed by atoms with Crippen LogP contribution in [0.25, 0.3) is 16.7 Å². The van der Waals surface area contributed by atoms with Crippen LogP contribution in [0.2, 0.25) is 0 Å². The number of hydrogen-bond acceptors (Lipinski definition) is 2. The second-order valence-electron chi connectivity index (χ2n) is 4.39. The molecule has 0 amide bonds. The molecule has 3 nitrogen and oxygen atoms in total. The van der Waals surface area contributed by atoms with Gasteiger partial charge >= 0.3 is 0 Å². The molecule has 3 aromatic rings. The van der Waals surface area contributed by atoms with E-state index in [0.717, 1.165) is 25.7 Å². The molecule has 0 radical (unpaired) electrons. The van der Waals surface area contributed by atoms with E-state index in [4.69, 9.17) is 5.73 Å². The number of imidazole rings is 1. The number of aromatic nitrogens is 2. The van der Waals surface area contributed by atoms with E-state index in [1.807, 2.05) is 28.8 Å². The average molecular weight is 381 g/mol. The Kier molecular flexibility index (Phi) is 3.11. The highest BCUT2D eigenvalue weighted by Gasteiger charge is 2.12. The Labute approximate surface area is 127 Å². The van der Waals surface area contributed by atoms with Crippen molar-refractivity contribution >= 4 is 48.8 Å². The third-order valence-corrected chi connectivity index (χ3v) is 4.15. The monoisotopic (exact) mass is 379 g/mol. The van der Waals surface area contributed by atoms with Gasteiger partial charge in [0.15, 0.2) is 0 Å². The predicted octanol–water partition coefficient (Wildman–Crippen LogP) is 4.44. The van der Waals surface area contributed by atoms with Crippen LogP contribution in [0, 0.1) is 6.92 Å². The van der Waals surface area contributed by atoms with Crippen LogP contribution < -0.4 is 5.73 Å². The maximum Gasteiger partial charge on any atom is 0.205 e. The molecular weight excluding hydrogens is 370 g/mol. The van der Waals surface area contributed by atoms with Gasteiger partial charge in [-0.1, -0.05) is 22.0 Å². The van der Waals surface area contributed by atoms with Crippen molar-refractivity contribution < 1.29 is 0 Å². The number of hydrogen-bond donors (Lipinski definition) is 1. The Morgan fingerprint density at radius 3 is 2.68 bits per heavy atom. The van der Waals surface area contributed by atoms with E-state index in [2.05, 4.69) is 55.9 Å². The van der Waals surface area contributed by atoms with E-state index >= 15 is 0 Å². The van der Waals surface area contributed by atoms with Crippen LogP contribution >= 0.6 is 31.9 Å². The highest BCUT2D eigenvalue weighted by Crippen LogP contribution is 2.30. The normalized spacial score (nSPS) is 11.1. The van der Waals surface area contributed by atoms with Crippen molar-refractivity contribution in [3.63, 3.8) is 0 Å². The summed E-state index contributed by atoms with van der Waals surface area (Å²) in [6.07, 6.45) is 0. The van der Waals surface area contributed by atoms with Crippen molar-refractivity contribution in [2.45, 2.75) is 6.92 Å². The lowest BCUT2D eigenvalue weighted by molar-refractivity contribution is 1.10. The van der Waals surface area contributed by atoms with Crippen molar-refractivity contribution in [3.05, 3.63) is 50.9 Å². The number of nitrogens with zero attached hydrogens (tertiary/aromatic N) is 2. The van der Waals surface area contributed by atoms with Crippen molar-refractivity contribution in [2.24, 2.45) is 0 Å². The Morgan fingerprint density at radius 1 is 1.11 bits per heavy atom.